The van der Waals surface area contributed by atoms with Crippen LogP contribution < -0.4 is 5.32 Å². The van der Waals surface area contributed by atoms with Gasteiger partial charge < -0.3 is 19.7 Å². The van der Waals surface area contributed by atoms with Crippen molar-refractivity contribution in [3.8, 4) is 0 Å². The van der Waals surface area contributed by atoms with Gasteiger partial charge in [0.05, 0.1) is 13.2 Å². The zero-order chi connectivity index (χ0) is 18.1. The topological polar surface area (TPSA) is 49.3 Å². The fraction of sp³-hybridized carbons (Fsp3) is 0.947. The molecule has 0 amide bonds. The normalized spacial score (nSPS) is 22.2. The van der Waals surface area contributed by atoms with E-state index in [0.717, 1.165) is 64.5 Å². The van der Waals surface area contributed by atoms with E-state index in [2.05, 4.69) is 41.0 Å². The summed E-state index contributed by atoms with van der Waals surface area (Å²) in [6, 6.07) is 0.518. The Bertz CT molecular complexity index is 391. The van der Waals surface area contributed by atoms with Gasteiger partial charge in [0.25, 0.3) is 0 Å². The van der Waals surface area contributed by atoms with Gasteiger partial charge in [-0.3, -0.25) is 9.89 Å². The molecule has 25 heavy (non-hydrogen) atoms. The molecule has 146 valence electrons. The highest BCUT2D eigenvalue weighted by molar-refractivity contribution is 5.79. The summed E-state index contributed by atoms with van der Waals surface area (Å²) in [5.41, 5.74) is 0. The molecule has 2 heterocycles. The van der Waals surface area contributed by atoms with Gasteiger partial charge in [0.1, 0.15) is 0 Å². The fourth-order valence-corrected chi connectivity index (χ4v) is 3.79. The van der Waals surface area contributed by atoms with Gasteiger partial charge in [0.15, 0.2) is 5.96 Å². The maximum absolute atomic E-state index is 5.50. The molecule has 6 nitrogen and oxygen atoms in total. The Hall–Kier alpha value is -0.850. The summed E-state index contributed by atoms with van der Waals surface area (Å²) in [4.78, 5) is 9.31. The van der Waals surface area contributed by atoms with Crippen molar-refractivity contribution in [3.63, 3.8) is 0 Å². The van der Waals surface area contributed by atoms with Crippen LogP contribution in [0.15, 0.2) is 4.99 Å². The molecular formula is C19H38N4O2. The van der Waals surface area contributed by atoms with Crippen LogP contribution in [0.3, 0.4) is 0 Å². The molecule has 2 rings (SSSR count). The third-order valence-corrected chi connectivity index (χ3v) is 5.54. The fourth-order valence-electron chi connectivity index (χ4n) is 3.79. The van der Waals surface area contributed by atoms with Gasteiger partial charge in [0, 0.05) is 59.5 Å². The first-order valence-electron chi connectivity index (χ1n) is 9.93. The third kappa shape index (κ3) is 6.76. The predicted octanol–water partition coefficient (Wildman–Crippen LogP) is 1.67. The van der Waals surface area contributed by atoms with Crippen molar-refractivity contribution in [2.75, 3.05) is 66.7 Å². The average Bonchev–Trinajstić information content (AvgIpc) is 2.64. The predicted molar refractivity (Wildman–Crippen MR) is 103 cm³/mol. The monoisotopic (exact) mass is 354 g/mol. The number of ether oxygens (including phenoxy) is 2. The molecule has 0 aromatic rings. The number of nitrogens with one attached hydrogen (secondary N) is 1. The lowest BCUT2D eigenvalue weighted by atomic mass is 9.96. The molecule has 1 N–H and O–H groups in total. The lowest BCUT2D eigenvalue weighted by molar-refractivity contribution is 0.00741. The maximum Gasteiger partial charge on any atom is 0.193 e. The zero-order valence-corrected chi connectivity index (χ0v) is 16.7. The van der Waals surface area contributed by atoms with E-state index in [1.807, 2.05) is 7.05 Å². The minimum absolute atomic E-state index is 0.518. The molecule has 2 aliphatic rings. The van der Waals surface area contributed by atoms with Gasteiger partial charge in [-0.2, -0.15) is 0 Å². The summed E-state index contributed by atoms with van der Waals surface area (Å²) in [5.74, 6) is 2.41. The molecule has 0 bridgehead atoms. The molecule has 0 aliphatic carbocycles. The Morgan fingerprint density at radius 2 is 1.80 bits per heavy atom. The van der Waals surface area contributed by atoms with E-state index in [1.54, 1.807) is 0 Å². The average molecular weight is 355 g/mol. The summed E-state index contributed by atoms with van der Waals surface area (Å²) in [5, 5.41) is 3.60. The summed E-state index contributed by atoms with van der Waals surface area (Å²) in [7, 11) is 4.03. The van der Waals surface area contributed by atoms with Crippen molar-refractivity contribution < 1.29 is 9.47 Å². The number of rotatable bonds is 7. The Morgan fingerprint density at radius 3 is 2.40 bits per heavy atom. The molecule has 1 atom stereocenters. The van der Waals surface area contributed by atoms with Crippen LogP contribution in [0.5, 0.6) is 0 Å². The number of guanidine groups is 1. The van der Waals surface area contributed by atoms with E-state index in [-0.39, 0.29) is 0 Å². The van der Waals surface area contributed by atoms with Crippen LogP contribution in [0.2, 0.25) is 0 Å². The number of hydrogen-bond acceptors (Lipinski definition) is 4. The van der Waals surface area contributed by atoms with Crippen molar-refractivity contribution in [2.24, 2.45) is 16.8 Å². The Balaban J connectivity index is 1.78. The highest BCUT2D eigenvalue weighted by Gasteiger charge is 2.24. The van der Waals surface area contributed by atoms with E-state index in [9.17, 15) is 0 Å². The Kier molecular flexibility index (Phi) is 8.99. The molecule has 6 heteroatoms. The number of aliphatic imine (C=N–C) groups is 1. The van der Waals surface area contributed by atoms with E-state index < -0.39 is 0 Å². The summed E-state index contributed by atoms with van der Waals surface area (Å²) in [6.07, 6.45) is 3.62. The minimum Gasteiger partial charge on any atom is -0.381 e. The van der Waals surface area contributed by atoms with Gasteiger partial charge in [-0.1, -0.05) is 13.8 Å². The molecule has 0 radical (unpaired) electrons. The maximum atomic E-state index is 5.50. The SMILES string of the molecule is CN=C(NCC(C(C)C)N1CCOCC1)N(C)CCC1CCOCC1. The second-order valence-electron chi connectivity index (χ2n) is 7.65. The number of morpholine rings is 1. The van der Waals surface area contributed by atoms with Gasteiger partial charge in [-0.05, 0) is 31.1 Å². The van der Waals surface area contributed by atoms with Crippen molar-refractivity contribution in [1.29, 1.82) is 0 Å². The lowest BCUT2D eigenvalue weighted by Crippen LogP contribution is -2.52. The summed E-state index contributed by atoms with van der Waals surface area (Å²) < 4.78 is 11.0. The van der Waals surface area contributed by atoms with Crippen LogP contribution in [0, 0.1) is 11.8 Å². The molecule has 2 saturated heterocycles. The van der Waals surface area contributed by atoms with Gasteiger partial charge >= 0.3 is 0 Å². The molecule has 0 saturated carbocycles. The van der Waals surface area contributed by atoms with Crippen molar-refractivity contribution >= 4 is 5.96 Å². The number of nitrogens with zero attached hydrogens (tertiary/aromatic N) is 3. The van der Waals surface area contributed by atoms with Crippen molar-refractivity contribution in [1.82, 2.24) is 15.1 Å². The first-order chi connectivity index (χ1) is 12.1. The van der Waals surface area contributed by atoms with Gasteiger partial charge in [-0.15, -0.1) is 0 Å². The van der Waals surface area contributed by atoms with Crippen LogP contribution in [-0.2, 0) is 9.47 Å². The van der Waals surface area contributed by atoms with E-state index in [0.29, 0.717) is 12.0 Å². The molecule has 0 spiro atoms. The Labute approximate surface area is 153 Å². The van der Waals surface area contributed by atoms with Crippen LogP contribution in [0.25, 0.3) is 0 Å². The molecule has 0 aromatic carbocycles. The van der Waals surface area contributed by atoms with Crippen LogP contribution >= 0.6 is 0 Å². The summed E-state index contributed by atoms with van der Waals surface area (Å²) >= 11 is 0. The number of hydrogen-bond donors (Lipinski definition) is 1. The first-order valence-corrected chi connectivity index (χ1v) is 9.93. The van der Waals surface area contributed by atoms with Crippen LogP contribution in [0.1, 0.15) is 33.1 Å². The molecule has 1 unspecified atom stereocenters. The molecular weight excluding hydrogens is 316 g/mol. The van der Waals surface area contributed by atoms with Crippen LogP contribution in [0.4, 0.5) is 0 Å². The van der Waals surface area contributed by atoms with E-state index >= 15 is 0 Å². The van der Waals surface area contributed by atoms with Crippen LogP contribution in [-0.4, -0.2) is 88.5 Å². The first kappa shape index (κ1) is 20.5. The lowest BCUT2D eigenvalue weighted by Gasteiger charge is -2.37. The molecule has 2 fully saturated rings. The second-order valence-corrected chi connectivity index (χ2v) is 7.65. The molecule has 2 aliphatic heterocycles. The largest absolute Gasteiger partial charge is 0.381 e. The van der Waals surface area contributed by atoms with Crippen molar-refractivity contribution in [3.05, 3.63) is 0 Å². The third-order valence-electron chi connectivity index (χ3n) is 5.54. The van der Waals surface area contributed by atoms with E-state index in [1.165, 1.54) is 19.3 Å². The zero-order valence-electron chi connectivity index (χ0n) is 16.7. The highest BCUT2D eigenvalue weighted by Crippen LogP contribution is 2.18. The van der Waals surface area contributed by atoms with E-state index in [4.69, 9.17) is 9.47 Å². The summed E-state index contributed by atoms with van der Waals surface area (Å²) in [6.45, 7) is 12.2. The van der Waals surface area contributed by atoms with Crippen molar-refractivity contribution in [2.45, 2.75) is 39.2 Å². The molecule has 0 aromatic heterocycles. The Morgan fingerprint density at radius 1 is 1.16 bits per heavy atom. The smallest absolute Gasteiger partial charge is 0.193 e. The second kappa shape index (κ2) is 11.0. The van der Waals surface area contributed by atoms with Gasteiger partial charge in [-0.25, -0.2) is 0 Å². The standard InChI is InChI=1S/C19H38N4O2/c1-16(2)18(23-9-13-25-14-10-23)15-21-19(20-3)22(4)8-5-17-6-11-24-12-7-17/h16-18H,5-15H2,1-4H3,(H,20,21). The minimum atomic E-state index is 0.518. The quantitative estimate of drug-likeness (QED) is 0.557. The highest BCUT2D eigenvalue weighted by atomic mass is 16.5. The van der Waals surface area contributed by atoms with Gasteiger partial charge in [0.2, 0.25) is 0 Å².